The number of halogens is 2. The third kappa shape index (κ3) is 5.25. The molecule has 0 bridgehead atoms. The number of sulfonamides is 1. The van der Waals surface area contributed by atoms with Crippen molar-refractivity contribution in [2.45, 2.75) is 19.8 Å². The molecule has 31 heavy (non-hydrogen) atoms. The number of carbonyl (C=O) groups is 1. The maximum atomic E-state index is 14.8. The van der Waals surface area contributed by atoms with E-state index in [2.05, 4.69) is 21.8 Å². The highest BCUT2D eigenvalue weighted by Crippen LogP contribution is 2.24. The van der Waals surface area contributed by atoms with Crippen LogP contribution < -0.4 is 4.72 Å². The van der Waals surface area contributed by atoms with Gasteiger partial charge in [-0.3, -0.25) is 9.52 Å². The first-order valence-corrected chi connectivity index (χ1v) is 11.0. The molecule has 1 aromatic carbocycles. The summed E-state index contributed by atoms with van der Waals surface area (Å²) in [5.41, 5.74) is 0.131. The molecule has 0 fully saturated rings. The molecule has 0 radical (unpaired) electrons. The smallest absolute Gasteiger partial charge is 0.232 e. The second-order valence-electron chi connectivity index (χ2n) is 6.73. The number of H-pyrrole nitrogens is 1. The van der Waals surface area contributed by atoms with Crippen molar-refractivity contribution < 1.29 is 27.1 Å². The molecular weight excluding hydrogens is 428 g/mol. The number of carbonyl (C=O) groups excluding carboxylic acids is 1. The van der Waals surface area contributed by atoms with Crippen LogP contribution in [-0.2, 0) is 16.4 Å². The minimum absolute atomic E-state index is 0.236. The van der Waals surface area contributed by atoms with Gasteiger partial charge in [0.25, 0.3) is 0 Å². The maximum Gasteiger partial charge on any atom is 0.232 e. The minimum atomic E-state index is -3.81. The van der Waals surface area contributed by atoms with Gasteiger partial charge in [0.15, 0.2) is 11.6 Å². The predicted octanol–water partition coefficient (Wildman–Crippen LogP) is 2.76. The van der Waals surface area contributed by atoms with Gasteiger partial charge in [-0.1, -0.05) is 12.8 Å². The van der Waals surface area contributed by atoms with E-state index in [1.165, 1.54) is 6.20 Å². The number of nitrogens with one attached hydrogen (secondary N) is 2. The van der Waals surface area contributed by atoms with Crippen LogP contribution in [0.5, 0.6) is 0 Å². The number of aliphatic hydroxyl groups excluding tert-OH is 1. The first kappa shape index (κ1) is 22.4. The number of Topliss-reactive ketones (excluding diaryl/α,β-unsaturated/α-hetero) is 1. The number of hydrogen-bond acceptors (Lipinski definition) is 5. The van der Waals surface area contributed by atoms with E-state index >= 15 is 0 Å². The number of rotatable bonds is 7. The summed E-state index contributed by atoms with van der Waals surface area (Å²) in [6.07, 6.45) is 1.36. The largest absolute Gasteiger partial charge is 0.384 e. The quantitative estimate of drug-likeness (QED) is 0.381. The summed E-state index contributed by atoms with van der Waals surface area (Å²) < 4.78 is 54.9. The molecule has 7 nitrogen and oxygen atoms in total. The second-order valence-corrected chi connectivity index (χ2v) is 8.57. The Hall–Kier alpha value is -3.29. The van der Waals surface area contributed by atoms with Gasteiger partial charge in [0, 0.05) is 18.0 Å². The molecule has 0 aliphatic carbocycles. The first-order valence-electron chi connectivity index (χ1n) is 9.33. The van der Waals surface area contributed by atoms with E-state index < -0.39 is 38.7 Å². The number of hydrogen-bond donors (Lipinski definition) is 3. The van der Waals surface area contributed by atoms with E-state index in [1.807, 2.05) is 4.72 Å². The Kier molecular flexibility index (Phi) is 6.68. The summed E-state index contributed by atoms with van der Waals surface area (Å²) in [4.78, 5) is 19.7. The zero-order chi connectivity index (χ0) is 22.6. The summed E-state index contributed by atoms with van der Waals surface area (Å²) in [7, 11) is -3.81. The van der Waals surface area contributed by atoms with Crippen molar-refractivity contribution in [2.75, 3.05) is 17.1 Å². The van der Waals surface area contributed by atoms with Gasteiger partial charge in [0.2, 0.25) is 10.0 Å². The van der Waals surface area contributed by atoms with Crippen LogP contribution in [0.1, 0.15) is 35.0 Å². The highest BCUT2D eigenvalue weighted by molar-refractivity contribution is 7.92. The van der Waals surface area contributed by atoms with Crippen molar-refractivity contribution >= 4 is 32.5 Å². The van der Waals surface area contributed by atoms with Crippen LogP contribution in [0.15, 0.2) is 30.5 Å². The van der Waals surface area contributed by atoms with Crippen molar-refractivity contribution in [2.24, 2.45) is 0 Å². The van der Waals surface area contributed by atoms with Crippen molar-refractivity contribution in [1.29, 1.82) is 0 Å². The Labute approximate surface area is 177 Å². The fourth-order valence-corrected chi connectivity index (χ4v) is 4.14. The van der Waals surface area contributed by atoms with Crippen molar-refractivity contribution in [1.82, 2.24) is 9.97 Å². The van der Waals surface area contributed by atoms with Gasteiger partial charge in [-0.25, -0.2) is 22.2 Å². The summed E-state index contributed by atoms with van der Waals surface area (Å²) >= 11 is 0. The third-order valence-electron chi connectivity index (χ3n) is 4.30. The Morgan fingerprint density at radius 1 is 1.29 bits per heavy atom. The van der Waals surface area contributed by atoms with Crippen LogP contribution >= 0.6 is 0 Å². The van der Waals surface area contributed by atoms with Crippen molar-refractivity contribution in [3.8, 4) is 11.8 Å². The van der Waals surface area contributed by atoms with Gasteiger partial charge in [-0.05, 0) is 42.2 Å². The van der Waals surface area contributed by atoms with E-state index in [0.29, 0.717) is 28.7 Å². The maximum absolute atomic E-state index is 14.8. The van der Waals surface area contributed by atoms with Crippen LogP contribution in [0.3, 0.4) is 0 Å². The van der Waals surface area contributed by atoms with Crippen LogP contribution in [0.4, 0.5) is 14.5 Å². The lowest BCUT2D eigenvalue weighted by molar-refractivity contribution is 0.0985. The number of pyridine rings is 1. The van der Waals surface area contributed by atoms with Gasteiger partial charge in [0.05, 0.1) is 22.7 Å². The molecule has 0 aliphatic heterocycles. The van der Waals surface area contributed by atoms with Crippen LogP contribution in [0, 0.1) is 23.5 Å². The average molecular weight is 447 g/mol. The number of nitrogens with zero attached hydrogens (tertiary/aromatic N) is 1. The summed E-state index contributed by atoms with van der Waals surface area (Å²) in [5, 5.41) is 9.40. The summed E-state index contributed by atoms with van der Waals surface area (Å²) in [5.74, 6) is 1.76. The van der Waals surface area contributed by atoms with E-state index in [9.17, 15) is 22.0 Å². The van der Waals surface area contributed by atoms with Crippen LogP contribution in [0.25, 0.3) is 11.0 Å². The molecule has 0 amide bonds. The molecule has 3 N–H and O–H groups in total. The molecule has 0 unspecified atom stereocenters. The van der Waals surface area contributed by atoms with Crippen molar-refractivity contribution in [3.63, 3.8) is 0 Å². The Bertz CT molecular complexity index is 1310. The molecule has 0 saturated carbocycles. The number of aromatic nitrogens is 2. The molecule has 0 spiro atoms. The topological polar surface area (TPSA) is 112 Å². The number of anilines is 1. The number of benzene rings is 1. The van der Waals surface area contributed by atoms with Crippen LogP contribution in [-0.4, -0.2) is 41.6 Å². The number of aromatic amines is 1. The van der Waals surface area contributed by atoms with E-state index in [4.69, 9.17) is 5.11 Å². The number of fused-ring (bicyclic) bond motifs is 1. The fraction of sp³-hybridized carbons (Fsp3) is 0.238. The second kappa shape index (κ2) is 9.24. The normalized spacial score (nSPS) is 11.2. The molecule has 0 saturated heterocycles. The van der Waals surface area contributed by atoms with Gasteiger partial charge < -0.3 is 10.1 Å². The molecule has 0 atom stereocenters. The van der Waals surface area contributed by atoms with Gasteiger partial charge in [0.1, 0.15) is 18.1 Å². The molecular formula is C21H19F2N3O4S. The summed E-state index contributed by atoms with van der Waals surface area (Å²) in [6.45, 7) is 1.35. The lowest BCUT2D eigenvalue weighted by Gasteiger charge is -2.11. The molecule has 10 heteroatoms. The molecule has 0 aliphatic rings. The lowest BCUT2D eigenvalue weighted by Crippen LogP contribution is -2.19. The van der Waals surface area contributed by atoms with E-state index in [-0.39, 0.29) is 18.8 Å². The Balaban J connectivity index is 1.88. The predicted molar refractivity (Wildman–Crippen MR) is 112 cm³/mol. The number of aliphatic hydroxyl groups is 1. The Morgan fingerprint density at radius 2 is 2.06 bits per heavy atom. The van der Waals surface area contributed by atoms with Crippen LogP contribution in [0.2, 0.25) is 0 Å². The molecule has 2 heterocycles. The fourth-order valence-electron chi connectivity index (χ4n) is 3.01. The van der Waals surface area contributed by atoms with Gasteiger partial charge >= 0.3 is 0 Å². The Morgan fingerprint density at radius 3 is 2.77 bits per heavy atom. The van der Waals surface area contributed by atoms with E-state index in [1.54, 1.807) is 19.1 Å². The molecule has 162 valence electrons. The zero-order valence-corrected chi connectivity index (χ0v) is 17.3. The number of ketones is 1. The monoisotopic (exact) mass is 447 g/mol. The summed E-state index contributed by atoms with van der Waals surface area (Å²) in [6, 6.07) is 5.09. The average Bonchev–Trinajstić information content (AvgIpc) is 3.10. The first-order chi connectivity index (χ1) is 14.7. The standard InChI is InChI=1S/C21H19F2N3O4S/c1-2-8-31(29,30)26-17-6-5-16(22)19(20(17)23)18(28)10-13-9-14-11-15(4-3-7-27)25-21(14)24-12-13/h5-6,9,11-12,26-27H,2,7-8,10H2,1H3,(H,24,25). The zero-order valence-electron chi connectivity index (χ0n) is 16.5. The lowest BCUT2D eigenvalue weighted by atomic mass is 10.0. The SMILES string of the molecule is CCCS(=O)(=O)Nc1ccc(F)c(C(=O)Cc2cnc3[nH]c(C#CCO)cc3c2)c1F. The van der Waals surface area contributed by atoms with Gasteiger partial charge in [-0.15, -0.1) is 0 Å². The highest BCUT2D eigenvalue weighted by atomic mass is 32.2. The third-order valence-corrected chi connectivity index (χ3v) is 5.78. The van der Waals surface area contributed by atoms with Gasteiger partial charge in [-0.2, -0.15) is 0 Å². The highest BCUT2D eigenvalue weighted by Gasteiger charge is 2.23. The molecule has 3 aromatic rings. The minimum Gasteiger partial charge on any atom is -0.384 e. The van der Waals surface area contributed by atoms with Crippen molar-refractivity contribution in [3.05, 3.63) is 58.9 Å². The molecule has 2 aromatic heterocycles. The van der Waals surface area contributed by atoms with E-state index in [0.717, 1.165) is 12.1 Å². The molecule has 3 rings (SSSR count).